The van der Waals surface area contributed by atoms with E-state index < -0.39 is 0 Å². The molecule has 0 bridgehead atoms. The molecule has 2 aromatic rings. The summed E-state index contributed by atoms with van der Waals surface area (Å²) >= 11 is 7.97. The van der Waals surface area contributed by atoms with E-state index in [-0.39, 0.29) is 0 Å². The highest BCUT2D eigenvalue weighted by Gasteiger charge is 2.21. The van der Waals surface area contributed by atoms with Gasteiger partial charge in [-0.15, -0.1) is 0 Å². The second-order valence-electron chi connectivity index (χ2n) is 7.28. The van der Waals surface area contributed by atoms with Crippen LogP contribution in [0, 0.1) is 6.92 Å². The van der Waals surface area contributed by atoms with Gasteiger partial charge in [-0.25, -0.2) is 4.98 Å². The van der Waals surface area contributed by atoms with E-state index in [4.69, 9.17) is 11.6 Å². The minimum absolute atomic E-state index is 0.321. The highest BCUT2D eigenvalue weighted by atomic mass is 35.5. The molecule has 0 radical (unpaired) electrons. The number of anilines is 1. The van der Waals surface area contributed by atoms with Gasteiger partial charge in [-0.05, 0) is 55.9 Å². The second kappa shape index (κ2) is 10.7. The zero-order valence-electron chi connectivity index (χ0n) is 17.4. The molecule has 1 fully saturated rings. The molecule has 0 spiro atoms. The molecule has 1 saturated heterocycles. The van der Waals surface area contributed by atoms with Crippen molar-refractivity contribution in [3.05, 3.63) is 58.7 Å². The Hall–Kier alpha value is -1.92. The fraction of sp³-hybridized carbons (Fsp3) is 0.455. The van der Waals surface area contributed by atoms with Crippen LogP contribution >= 0.6 is 23.4 Å². The van der Waals surface area contributed by atoms with Crippen molar-refractivity contribution in [2.24, 2.45) is 4.99 Å². The molecular formula is C22H30ClN5S. The van der Waals surface area contributed by atoms with Crippen molar-refractivity contribution >= 4 is 35.1 Å². The predicted octanol–water partition coefficient (Wildman–Crippen LogP) is 4.28. The van der Waals surface area contributed by atoms with E-state index in [1.807, 2.05) is 50.0 Å². The van der Waals surface area contributed by atoms with Crippen molar-refractivity contribution in [2.45, 2.75) is 31.1 Å². The largest absolute Gasteiger partial charge is 0.356 e. The van der Waals surface area contributed by atoms with Gasteiger partial charge >= 0.3 is 0 Å². The van der Waals surface area contributed by atoms with Crippen molar-refractivity contribution in [2.75, 3.05) is 37.8 Å². The molecule has 1 aromatic heterocycles. The molecule has 3 rings (SSSR count). The number of nitrogens with one attached hydrogen (secondary N) is 2. The Morgan fingerprint density at radius 1 is 1.28 bits per heavy atom. The van der Waals surface area contributed by atoms with Crippen LogP contribution < -0.4 is 15.5 Å². The number of guanidine groups is 1. The number of aliphatic imine (C=N–C) groups is 1. The highest BCUT2D eigenvalue weighted by Crippen LogP contribution is 2.27. The minimum Gasteiger partial charge on any atom is -0.356 e. The van der Waals surface area contributed by atoms with Gasteiger partial charge in [0.25, 0.3) is 0 Å². The summed E-state index contributed by atoms with van der Waals surface area (Å²) in [5.74, 6) is 1.94. The van der Waals surface area contributed by atoms with E-state index in [2.05, 4.69) is 50.0 Å². The van der Waals surface area contributed by atoms with Gasteiger partial charge in [0, 0.05) is 48.7 Å². The maximum Gasteiger partial charge on any atom is 0.191 e. The number of aryl methyl sites for hydroxylation is 1. The average molecular weight is 432 g/mol. The Morgan fingerprint density at radius 3 is 2.69 bits per heavy atom. The normalized spacial score (nSPS) is 16.6. The third-order valence-corrected chi connectivity index (χ3v) is 6.46. The van der Waals surface area contributed by atoms with E-state index in [9.17, 15) is 0 Å². The van der Waals surface area contributed by atoms with Gasteiger partial charge in [0.05, 0.1) is 0 Å². The van der Waals surface area contributed by atoms with Crippen LogP contribution in [0.5, 0.6) is 0 Å². The summed E-state index contributed by atoms with van der Waals surface area (Å²) in [4.78, 5) is 11.4. The lowest BCUT2D eigenvalue weighted by atomic mass is 10.1. The first kappa shape index (κ1) is 21.8. The number of piperidine rings is 1. The van der Waals surface area contributed by atoms with Gasteiger partial charge in [0.1, 0.15) is 5.82 Å². The molecule has 5 nitrogen and oxygen atoms in total. The third kappa shape index (κ3) is 6.28. The fourth-order valence-electron chi connectivity index (χ4n) is 3.58. The summed E-state index contributed by atoms with van der Waals surface area (Å²) in [6, 6.07) is 14.7. The molecular weight excluding hydrogens is 402 g/mol. The van der Waals surface area contributed by atoms with Crippen molar-refractivity contribution in [1.82, 2.24) is 15.6 Å². The summed E-state index contributed by atoms with van der Waals surface area (Å²) < 4.78 is 0. The first-order valence-electron chi connectivity index (χ1n) is 10.0. The maximum absolute atomic E-state index is 6.16. The maximum atomic E-state index is 6.16. The number of thioether (sulfide) groups is 1. The van der Waals surface area contributed by atoms with Crippen LogP contribution in [0.1, 0.15) is 29.3 Å². The number of aromatic nitrogens is 1. The number of rotatable bonds is 6. The van der Waals surface area contributed by atoms with Crippen molar-refractivity contribution in [1.29, 1.82) is 0 Å². The predicted molar refractivity (Wildman–Crippen MR) is 126 cm³/mol. The molecule has 7 heteroatoms. The number of pyridine rings is 1. The van der Waals surface area contributed by atoms with E-state index in [1.165, 1.54) is 5.56 Å². The third-order valence-electron chi connectivity index (χ3n) is 5.22. The lowest BCUT2D eigenvalue weighted by molar-refractivity contribution is 0.459. The van der Waals surface area contributed by atoms with Crippen molar-refractivity contribution < 1.29 is 0 Å². The Labute approximate surface area is 183 Å². The van der Waals surface area contributed by atoms with Crippen molar-refractivity contribution in [3.8, 4) is 0 Å². The van der Waals surface area contributed by atoms with Crippen LogP contribution in [0.25, 0.3) is 0 Å². The molecule has 29 heavy (non-hydrogen) atoms. The summed E-state index contributed by atoms with van der Waals surface area (Å²) in [6.07, 6.45) is 4.26. The second-order valence-corrected chi connectivity index (χ2v) is 8.75. The fourth-order valence-corrected chi connectivity index (χ4v) is 4.45. The molecule has 2 heterocycles. The molecule has 1 atom stereocenters. The molecule has 1 aliphatic rings. The van der Waals surface area contributed by atoms with E-state index >= 15 is 0 Å². The summed E-state index contributed by atoms with van der Waals surface area (Å²) in [5, 5.41) is 8.17. The van der Waals surface area contributed by atoms with Crippen LogP contribution in [0.3, 0.4) is 0 Å². The molecule has 1 aliphatic heterocycles. The summed E-state index contributed by atoms with van der Waals surface area (Å²) in [5.41, 5.74) is 2.29. The van der Waals surface area contributed by atoms with Gasteiger partial charge in [0.2, 0.25) is 0 Å². The van der Waals surface area contributed by atoms with Gasteiger partial charge in [-0.1, -0.05) is 29.8 Å². The molecule has 1 unspecified atom stereocenters. The zero-order valence-corrected chi connectivity index (χ0v) is 18.9. The molecule has 0 saturated carbocycles. The van der Waals surface area contributed by atoms with Gasteiger partial charge in [-0.3, -0.25) is 4.99 Å². The van der Waals surface area contributed by atoms with Gasteiger partial charge in [0.15, 0.2) is 5.96 Å². The van der Waals surface area contributed by atoms with Gasteiger partial charge < -0.3 is 15.5 Å². The Bertz CT molecular complexity index is 820. The van der Waals surface area contributed by atoms with E-state index in [1.54, 1.807) is 0 Å². The summed E-state index contributed by atoms with van der Waals surface area (Å²) in [7, 11) is 1.83. The van der Waals surface area contributed by atoms with Crippen molar-refractivity contribution in [3.63, 3.8) is 0 Å². The number of nitrogens with zero attached hydrogens (tertiary/aromatic N) is 3. The first-order valence-corrected chi connectivity index (χ1v) is 11.7. The Kier molecular flexibility index (Phi) is 8.07. The zero-order chi connectivity index (χ0) is 20.6. The number of hydrogen-bond acceptors (Lipinski definition) is 4. The van der Waals surface area contributed by atoms with E-state index in [0.29, 0.717) is 11.3 Å². The van der Waals surface area contributed by atoms with Crippen LogP contribution in [0.2, 0.25) is 5.02 Å². The lowest BCUT2D eigenvalue weighted by Gasteiger charge is -2.34. The molecule has 0 amide bonds. The quantitative estimate of drug-likeness (QED) is 0.528. The Balaban J connectivity index is 1.49. The minimum atomic E-state index is 0.321. The first-order chi connectivity index (χ1) is 14.1. The molecule has 2 N–H and O–H groups in total. The number of benzene rings is 1. The smallest absolute Gasteiger partial charge is 0.191 e. The van der Waals surface area contributed by atoms with Gasteiger partial charge in [-0.2, -0.15) is 11.8 Å². The highest BCUT2D eigenvalue weighted by molar-refractivity contribution is 7.98. The van der Waals surface area contributed by atoms with Crippen LogP contribution in [0.15, 0.2) is 47.5 Å². The topological polar surface area (TPSA) is 52.6 Å². The summed E-state index contributed by atoms with van der Waals surface area (Å²) in [6.45, 7) is 4.84. The van der Waals surface area contributed by atoms with Crippen LogP contribution in [0.4, 0.5) is 5.82 Å². The lowest BCUT2D eigenvalue weighted by Crippen LogP contribution is -2.49. The Morgan fingerprint density at radius 2 is 2.03 bits per heavy atom. The molecule has 0 aliphatic carbocycles. The standard InChI is InChI=1S/C22H30ClN5S/c1-16-6-4-9-21(26-16)28-12-10-19(11-13-28)27-22(24-2)25-15-20(29-3)17-7-5-8-18(23)14-17/h4-9,14,19-20H,10-13,15H2,1-3H3,(H2,24,25,27). The SMILES string of the molecule is CN=C(NCC(SC)c1cccc(Cl)c1)NC1CCN(c2cccc(C)n2)CC1. The van der Waals surface area contributed by atoms with Crippen LogP contribution in [-0.2, 0) is 0 Å². The number of halogens is 1. The molecule has 156 valence electrons. The average Bonchev–Trinajstić information content (AvgIpc) is 2.74. The molecule has 1 aromatic carbocycles. The number of hydrogen-bond donors (Lipinski definition) is 2. The van der Waals surface area contributed by atoms with Crippen LogP contribution in [-0.4, -0.2) is 49.9 Å². The monoisotopic (exact) mass is 431 g/mol. The van der Waals surface area contributed by atoms with E-state index in [0.717, 1.165) is 55.0 Å².